The fraction of sp³-hybridized carbons (Fsp3) is 0.212. The average molecular weight is 548 g/mol. The number of nitrogens with zero attached hydrogens (tertiary/aromatic N) is 4. The number of imidazole rings is 1. The van der Waals surface area contributed by atoms with Gasteiger partial charge in [-0.1, -0.05) is 77.9 Å². The molecule has 0 saturated heterocycles. The van der Waals surface area contributed by atoms with Crippen molar-refractivity contribution < 1.29 is 14.7 Å². The molecule has 2 aromatic heterocycles. The van der Waals surface area contributed by atoms with Crippen LogP contribution < -0.4 is 10.9 Å². The summed E-state index contributed by atoms with van der Waals surface area (Å²) in [5.41, 5.74) is 7.52. The standard InChI is InChI=1S/C33H33N5O3/c1-22-10-14-25(15-11-22)19-27(20-35-31(39)30-24(3)7-6-18-34-30)38-29-9-5-4-8-28(29)37(32(38)36-33(40)41)21-26-16-12-23(2)13-17-26/h4-18,27H,19-21H2,1-3H3,(H,35,39)(H,40,41). The number of carbonyl (C=O) groups excluding carboxylic acids is 1. The predicted molar refractivity (Wildman–Crippen MR) is 159 cm³/mol. The first-order valence-corrected chi connectivity index (χ1v) is 13.6. The maximum atomic E-state index is 13.2. The van der Waals surface area contributed by atoms with Crippen molar-refractivity contribution in [3.63, 3.8) is 0 Å². The third-order valence-electron chi connectivity index (χ3n) is 7.23. The summed E-state index contributed by atoms with van der Waals surface area (Å²) in [5, 5.41) is 12.9. The summed E-state index contributed by atoms with van der Waals surface area (Å²) in [5.74, 6) is -0.280. The second-order valence-corrected chi connectivity index (χ2v) is 10.3. The molecule has 2 heterocycles. The highest BCUT2D eigenvalue weighted by molar-refractivity contribution is 5.93. The topological polar surface area (TPSA) is 102 Å². The fourth-order valence-corrected chi connectivity index (χ4v) is 5.10. The Morgan fingerprint density at radius 1 is 0.854 bits per heavy atom. The first-order valence-electron chi connectivity index (χ1n) is 13.6. The number of hydrogen-bond donors (Lipinski definition) is 2. The summed E-state index contributed by atoms with van der Waals surface area (Å²) >= 11 is 0. The molecule has 0 aliphatic rings. The molecule has 0 aliphatic heterocycles. The number of pyridine rings is 1. The Labute approximate surface area is 238 Å². The van der Waals surface area contributed by atoms with Crippen LogP contribution in [-0.4, -0.2) is 37.8 Å². The summed E-state index contributed by atoms with van der Waals surface area (Å²) in [7, 11) is 0. The predicted octanol–water partition coefficient (Wildman–Crippen LogP) is 5.60. The number of aryl methyl sites for hydroxylation is 3. The molecule has 0 saturated carbocycles. The number of fused-ring (bicyclic) bond motifs is 1. The summed E-state index contributed by atoms with van der Waals surface area (Å²) in [6.45, 7) is 6.60. The van der Waals surface area contributed by atoms with Gasteiger partial charge in [-0.25, -0.2) is 4.79 Å². The zero-order chi connectivity index (χ0) is 28.9. The number of hydrogen-bond acceptors (Lipinski definition) is 3. The third-order valence-corrected chi connectivity index (χ3v) is 7.23. The van der Waals surface area contributed by atoms with Gasteiger partial charge in [0.15, 0.2) is 0 Å². The Kier molecular flexibility index (Phi) is 8.10. The number of benzene rings is 3. The second kappa shape index (κ2) is 12.0. The number of para-hydroxylation sites is 2. The minimum Gasteiger partial charge on any atom is -0.463 e. The van der Waals surface area contributed by atoms with Crippen LogP contribution >= 0.6 is 0 Å². The van der Waals surface area contributed by atoms with Gasteiger partial charge in [0.2, 0.25) is 5.62 Å². The van der Waals surface area contributed by atoms with Crippen molar-refractivity contribution in [3.05, 3.63) is 130 Å². The van der Waals surface area contributed by atoms with E-state index in [1.54, 1.807) is 12.3 Å². The Morgan fingerprint density at radius 3 is 2.12 bits per heavy atom. The second-order valence-electron chi connectivity index (χ2n) is 10.3. The number of rotatable bonds is 8. The zero-order valence-corrected chi connectivity index (χ0v) is 23.4. The molecule has 2 amide bonds. The maximum absolute atomic E-state index is 13.2. The van der Waals surface area contributed by atoms with E-state index < -0.39 is 6.09 Å². The van der Waals surface area contributed by atoms with Gasteiger partial charge in [-0.15, -0.1) is 4.99 Å². The highest BCUT2D eigenvalue weighted by Gasteiger charge is 2.22. The first-order chi connectivity index (χ1) is 19.8. The Morgan fingerprint density at radius 2 is 1.49 bits per heavy atom. The molecule has 5 aromatic rings. The number of carbonyl (C=O) groups is 2. The molecule has 1 atom stereocenters. The largest absolute Gasteiger partial charge is 0.463 e. The van der Waals surface area contributed by atoms with Crippen LogP contribution in [0.3, 0.4) is 0 Å². The molecular formula is C33H33N5O3. The molecule has 1 unspecified atom stereocenters. The minimum atomic E-state index is -1.28. The number of carboxylic acid groups (broad SMARTS) is 1. The van der Waals surface area contributed by atoms with E-state index in [0.29, 0.717) is 24.3 Å². The molecule has 208 valence electrons. The van der Waals surface area contributed by atoms with Gasteiger partial charge in [0.05, 0.1) is 23.6 Å². The quantitative estimate of drug-likeness (QED) is 0.264. The average Bonchev–Trinajstić information content (AvgIpc) is 3.25. The van der Waals surface area contributed by atoms with E-state index in [0.717, 1.165) is 38.9 Å². The fourth-order valence-electron chi connectivity index (χ4n) is 5.10. The van der Waals surface area contributed by atoms with Gasteiger partial charge in [0.1, 0.15) is 5.69 Å². The van der Waals surface area contributed by atoms with Gasteiger partial charge in [0, 0.05) is 12.7 Å². The van der Waals surface area contributed by atoms with Crippen LogP contribution in [0.15, 0.2) is 96.1 Å². The van der Waals surface area contributed by atoms with Gasteiger partial charge in [-0.3, -0.25) is 9.78 Å². The van der Waals surface area contributed by atoms with Crippen LogP contribution in [0.25, 0.3) is 11.0 Å². The molecule has 5 rings (SSSR count). The van der Waals surface area contributed by atoms with Crippen LogP contribution in [0.1, 0.15) is 44.3 Å². The minimum absolute atomic E-state index is 0.244. The number of aromatic nitrogens is 3. The van der Waals surface area contributed by atoms with Crippen molar-refractivity contribution >= 4 is 23.0 Å². The van der Waals surface area contributed by atoms with Crippen molar-refractivity contribution in [2.75, 3.05) is 6.54 Å². The molecule has 0 spiro atoms. The van der Waals surface area contributed by atoms with Crippen LogP contribution in [0.2, 0.25) is 0 Å². The third kappa shape index (κ3) is 6.27. The Balaban J connectivity index is 1.64. The van der Waals surface area contributed by atoms with Crippen molar-refractivity contribution in [2.24, 2.45) is 4.99 Å². The lowest BCUT2D eigenvalue weighted by molar-refractivity contribution is 0.0941. The van der Waals surface area contributed by atoms with E-state index in [-0.39, 0.29) is 18.5 Å². The summed E-state index contributed by atoms with van der Waals surface area (Å²) < 4.78 is 3.88. The highest BCUT2D eigenvalue weighted by atomic mass is 16.4. The van der Waals surface area contributed by atoms with E-state index in [1.165, 1.54) is 0 Å². The lowest BCUT2D eigenvalue weighted by Crippen LogP contribution is -2.38. The molecule has 3 aromatic carbocycles. The first kappa shape index (κ1) is 27.6. The van der Waals surface area contributed by atoms with Crippen LogP contribution in [0.5, 0.6) is 0 Å². The van der Waals surface area contributed by atoms with Crippen molar-refractivity contribution in [1.82, 2.24) is 19.4 Å². The van der Waals surface area contributed by atoms with Crippen LogP contribution in [-0.2, 0) is 13.0 Å². The molecular weight excluding hydrogens is 514 g/mol. The molecule has 0 radical (unpaired) electrons. The molecule has 2 N–H and O–H groups in total. The lowest BCUT2D eigenvalue weighted by atomic mass is 10.0. The number of nitrogens with one attached hydrogen (secondary N) is 1. The number of amides is 2. The molecule has 8 heteroatoms. The van der Waals surface area contributed by atoms with Crippen LogP contribution in [0, 0.1) is 20.8 Å². The molecule has 41 heavy (non-hydrogen) atoms. The van der Waals surface area contributed by atoms with Crippen molar-refractivity contribution in [1.29, 1.82) is 0 Å². The van der Waals surface area contributed by atoms with Crippen molar-refractivity contribution in [2.45, 2.75) is 39.8 Å². The van der Waals surface area contributed by atoms with Gasteiger partial charge >= 0.3 is 6.09 Å². The van der Waals surface area contributed by atoms with Gasteiger partial charge in [0.25, 0.3) is 5.91 Å². The van der Waals surface area contributed by atoms with E-state index in [9.17, 15) is 14.7 Å². The zero-order valence-electron chi connectivity index (χ0n) is 23.4. The SMILES string of the molecule is Cc1ccc(CC(CNC(=O)c2ncccc2C)n2c(=NC(=O)O)n(Cc3ccc(C)cc3)c3ccccc32)cc1. The summed E-state index contributed by atoms with van der Waals surface area (Å²) in [6.07, 6.45) is 0.866. The van der Waals surface area contributed by atoms with E-state index in [1.807, 2.05) is 84.5 Å². The van der Waals surface area contributed by atoms with Crippen molar-refractivity contribution in [3.8, 4) is 0 Å². The molecule has 0 fully saturated rings. The summed E-state index contributed by atoms with van der Waals surface area (Å²) in [6, 6.07) is 27.5. The molecule has 8 nitrogen and oxygen atoms in total. The van der Waals surface area contributed by atoms with E-state index in [4.69, 9.17) is 0 Å². The highest BCUT2D eigenvalue weighted by Crippen LogP contribution is 2.22. The van der Waals surface area contributed by atoms with Gasteiger partial charge < -0.3 is 19.6 Å². The van der Waals surface area contributed by atoms with Crippen LogP contribution in [0.4, 0.5) is 4.79 Å². The van der Waals surface area contributed by atoms with E-state index in [2.05, 4.69) is 39.6 Å². The molecule has 0 bridgehead atoms. The molecule has 0 aliphatic carbocycles. The normalized spacial score (nSPS) is 12.4. The van der Waals surface area contributed by atoms with E-state index >= 15 is 0 Å². The maximum Gasteiger partial charge on any atom is 0.434 e. The Bertz CT molecular complexity index is 1770. The lowest BCUT2D eigenvalue weighted by Gasteiger charge is -2.21. The smallest absolute Gasteiger partial charge is 0.434 e. The Hall–Kier alpha value is -4.98. The van der Waals surface area contributed by atoms with Gasteiger partial charge in [-0.05, 0) is 62.1 Å². The van der Waals surface area contributed by atoms with Gasteiger partial charge in [-0.2, -0.15) is 0 Å². The monoisotopic (exact) mass is 547 g/mol. The summed E-state index contributed by atoms with van der Waals surface area (Å²) in [4.78, 5) is 33.6.